The highest BCUT2D eigenvalue weighted by molar-refractivity contribution is 7.19. The number of halogens is 1. The lowest BCUT2D eigenvalue weighted by atomic mass is 10.0. The number of aromatic nitrogens is 2. The van der Waals surface area contributed by atoms with Crippen molar-refractivity contribution < 1.29 is 9.53 Å². The van der Waals surface area contributed by atoms with Crippen molar-refractivity contribution in [2.45, 2.75) is 32.7 Å². The van der Waals surface area contributed by atoms with Gasteiger partial charge in [-0.25, -0.2) is 4.98 Å². The summed E-state index contributed by atoms with van der Waals surface area (Å²) in [5.74, 6) is 0.279. The largest absolute Gasteiger partial charge is 0.384 e. The van der Waals surface area contributed by atoms with E-state index in [1.54, 1.807) is 11.7 Å². The molecule has 0 aliphatic heterocycles. The number of hydrogen-bond donors (Lipinski definition) is 1. The van der Waals surface area contributed by atoms with Crippen molar-refractivity contribution in [3.63, 3.8) is 0 Å². The number of benzene rings is 1. The van der Waals surface area contributed by atoms with Gasteiger partial charge in [0, 0.05) is 42.0 Å². The number of amides is 1. The van der Waals surface area contributed by atoms with E-state index in [1.165, 1.54) is 11.3 Å². The molecule has 2 N–H and O–H groups in total. The minimum absolute atomic E-state index is 0.102. The van der Waals surface area contributed by atoms with Gasteiger partial charge in [-0.2, -0.15) is 0 Å². The summed E-state index contributed by atoms with van der Waals surface area (Å²) in [4.78, 5) is 31.0. The highest BCUT2D eigenvalue weighted by Crippen LogP contribution is 2.36. The Balaban J connectivity index is 2.16. The summed E-state index contributed by atoms with van der Waals surface area (Å²) in [7, 11) is 1.61. The quantitative estimate of drug-likeness (QED) is 0.604. The summed E-state index contributed by atoms with van der Waals surface area (Å²) in [5, 5.41) is 1.25. The molecule has 0 bridgehead atoms. The Labute approximate surface area is 171 Å². The molecular weight excluding hydrogens is 398 g/mol. The van der Waals surface area contributed by atoms with E-state index in [0.29, 0.717) is 47.1 Å². The number of nitrogens with two attached hydrogens (primary N) is 1. The average Bonchev–Trinajstić information content (AvgIpc) is 2.98. The number of methoxy groups -OCH3 is 1. The lowest BCUT2D eigenvalue weighted by Gasteiger charge is -2.12. The molecule has 1 amide bonds. The topological polar surface area (TPSA) is 87.2 Å². The normalized spacial score (nSPS) is 11.2. The van der Waals surface area contributed by atoms with Crippen molar-refractivity contribution in [2.75, 3.05) is 13.7 Å². The third-order valence-electron chi connectivity index (χ3n) is 4.53. The van der Waals surface area contributed by atoms with Crippen LogP contribution in [0.2, 0.25) is 5.02 Å². The molecular formula is C20H22ClN3O3S. The maximum atomic E-state index is 13.4. The highest BCUT2D eigenvalue weighted by Gasteiger charge is 2.19. The van der Waals surface area contributed by atoms with E-state index in [4.69, 9.17) is 27.1 Å². The smallest absolute Gasteiger partial charge is 0.262 e. The van der Waals surface area contributed by atoms with Crippen LogP contribution >= 0.6 is 22.9 Å². The number of carbonyl (C=O) groups is 1. The standard InChI is InChI=1S/C20H22ClN3O3S/c1-12-17(13-5-7-14(21)8-6-13)18-19(28-12)23-16(9-11-27-2)24(20(18)26)10-3-4-15(22)25/h5-8H,3-4,9-11H2,1-2H3,(H2,22,25). The van der Waals surface area contributed by atoms with Crippen LogP contribution in [0.3, 0.4) is 0 Å². The van der Waals surface area contributed by atoms with Crippen molar-refractivity contribution in [3.8, 4) is 11.1 Å². The molecule has 0 aliphatic rings. The highest BCUT2D eigenvalue weighted by atomic mass is 35.5. The Morgan fingerprint density at radius 3 is 2.68 bits per heavy atom. The average molecular weight is 420 g/mol. The maximum absolute atomic E-state index is 13.4. The molecule has 0 saturated heterocycles. The van der Waals surface area contributed by atoms with Crippen LogP contribution in [0.15, 0.2) is 29.1 Å². The van der Waals surface area contributed by atoms with Crippen molar-refractivity contribution in [1.29, 1.82) is 0 Å². The van der Waals surface area contributed by atoms with Gasteiger partial charge in [0.15, 0.2) is 0 Å². The molecule has 2 aromatic heterocycles. The number of ether oxygens (including phenoxy) is 1. The molecule has 0 atom stereocenters. The number of fused-ring (bicyclic) bond motifs is 1. The summed E-state index contributed by atoms with van der Waals surface area (Å²) < 4.78 is 6.81. The molecule has 1 aromatic carbocycles. The van der Waals surface area contributed by atoms with Gasteiger partial charge >= 0.3 is 0 Å². The van der Waals surface area contributed by atoms with Crippen LogP contribution in [-0.4, -0.2) is 29.2 Å². The predicted molar refractivity (Wildman–Crippen MR) is 113 cm³/mol. The van der Waals surface area contributed by atoms with Crippen molar-refractivity contribution >= 4 is 39.1 Å². The summed E-state index contributed by atoms with van der Waals surface area (Å²) in [5.41, 5.74) is 6.96. The summed E-state index contributed by atoms with van der Waals surface area (Å²) in [6.45, 7) is 2.84. The number of primary amides is 1. The van der Waals surface area contributed by atoms with Gasteiger partial charge in [0.05, 0.1) is 12.0 Å². The zero-order valence-corrected chi connectivity index (χ0v) is 17.4. The molecule has 0 aliphatic carbocycles. The molecule has 3 rings (SSSR count). The first-order valence-electron chi connectivity index (χ1n) is 8.98. The van der Waals surface area contributed by atoms with Gasteiger partial charge in [-0.05, 0) is 31.0 Å². The molecule has 0 saturated carbocycles. The number of aryl methyl sites for hydroxylation is 1. The first kappa shape index (κ1) is 20.5. The lowest BCUT2D eigenvalue weighted by Crippen LogP contribution is -2.26. The van der Waals surface area contributed by atoms with E-state index in [-0.39, 0.29) is 17.9 Å². The van der Waals surface area contributed by atoms with E-state index in [9.17, 15) is 9.59 Å². The number of carbonyl (C=O) groups excluding carboxylic acids is 1. The van der Waals surface area contributed by atoms with Crippen molar-refractivity contribution in [3.05, 3.63) is 50.3 Å². The molecule has 6 nitrogen and oxygen atoms in total. The fourth-order valence-electron chi connectivity index (χ4n) is 3.23. The van der Waals surface area contributed by atoms with Gasteiger partial charge in [-0.15, -0.1) is 11.3 Å². The zero-order valence-electron chi connectivity index (χ0n) is 15.8. The Morgan fingerprint density at radius 2 is 2.04 bits per heavy atom. The molecule has 0 unspecified atom stereocenters. The Bertz CT molecular complexity index is 1060. The second-order valence-electron chi connectivity index (χ2n) is 6.52. The third-order valence-corrected chi connectivity index (χ3v) is 5.79. The minimum atomic E-state index is -0.381. The van der Waals surface area contributed by atoms with Crippen LogP contribution in [0.1, 0.15) is 23.5 Å². The van der Waals surface area contributed by atoms with Gasteiger partial charge in [0.1, 0.15) is 10.7 Å². The van der Waals surface area contributed by atoms with E-state index in [1.807, 2.05) is 31.2 Å². The van der Waals surface area contributed by atoms with Crippen LogP contribution in [0.25, 0.3) is 21.3 Å². The molecule has 3 aromatic rings. The molecule has 148 valence electrons. The summed E-state index contributed by atoms with van der Waals surface area (Å²) in [6.07, 6.45) is 1.23. The predicted octanol–water partition coefficient (Wildman–Crippen LogP) is 3.54. The first-order valence-corrected chi connectivity index (χ1v) is 10.2. The monoisotopic (exact) mass is 419 g/mol. The third kappa shape index (κ3) is 4.27. The van der Waals surface area contributed by atoms with E-state index < -0.39 is 0 Å². The van der Waals surface area contributed by atoms with Gasteiger partial charge in [-0.1, -0.05) is 23.7 Å². The van der Waals surface area contributed by atoms with Crippen molar-refractivity contribution in [2.24, 2.45) is 5.73 Å². The van der Waals surface area contributed by atoms with E-state index in [2.05, 4.69) is 0 Å². The summed E-state index contributed by atoms with van der Waals surface area (Å²) in [6, 6.07) is 7.44. The Hall–Kier alpha value is -2.22. The van der Waals surface area contributed by atoms with Gasteiger partial charge in [-0.3, -0.25) is 14.2 Å². The Kier molecular flexibility index (Phi) is 6.49. The van der Waals surface area contributed by atoms with E-state index >= 15 is 0 Å². The fraction of sp³-hybridized carbons (Fsp3) is 0.350. The van der Waals surface area contributed by atoms with Crippen LogP contribution in [0.4, 0.5) is 0 Å². The Morgan fingerprint density at radius 1 is 1.32 bits per heavy atom. The number of rotatable bonds is 8. The summed E-state index contributed by atoms with van der Waals surface area (Å²) >= 11 is 7.52. The molecule has 2 heterocycles. The number of nitrogens with zero attached hydrogens (tertiary/aromatic N) is 2. The minimum Gasteiger partial charge on any atom is -0.384 e. The zero-order chi connectivity index (χ0) is 20.3. The van der Waals surface area contributed by atoms with Gasteiger partial charge in [0.2, 0.25) is 5.91 Å². The number of thiophene rings is 1. The van der Waals surface area contributed by atoms with Crippen LogP contribution < -0.4 is 11.3 Å². The number of hydrogen-bond acceptors (Lipinski definition) is 5. The van der Waals surface area contributed by atoms with Crippen LogP contribution in [0.5, 0.6) is 0 Å². The second-order valence-corrected chi connectivity index (χ2v) is 8.16. The fourth-order valence-corrected chi connectivity index (χ4v) is 4.41. The molecule has 0 fully saturated rings. The van der Waals surface area contributed by atoms with Crippen molar-refractivity contribution in [1.82, 2.24) is 9.55 Å². The molecule has 8 heteroatoms. The van der Waals surface area contributed by atoms with Crippen LogP contribution in [0, 0.1) is 6.92 Å². The molecule has 0 radical (unpaired) electrons. The molecule has 28 heavy (non-hydrogen) atoms. The maximum Gasteiger partial charge on any atom is 0.262 e. The lowest BCUT2D eigenvalue weighted by molar-refractivity contribution is -0.118. The second kappa shape index (κ2) is 8.86. The van der Waals surface area contributed by atoms with Gasteiger partial charge in [0.25, 0.3) is 5.56 Å². The molecule has 0 spiro atoms. The van der Waals surface area contributed by atoms with Gasteiger partial charge < -0.3 is 10.5 Å². The first-order chi connectivity index (χ1) is 13.4. The SMILES string of the molecule is COCCc1nc2sc(C)c(-c3ccc(Cl)cc3)c2c(=O)n1CCCC(N)=O. The van der Waals surface area contributed by atoms with E-state index in [0.717, 1.165) is 16.0 Å². The van der Waals surface area contributed by atoms with Crippen LogP contribution in [-0.2, 0) is 22.5 Å².